The minimum atomic E-state index is -0.998. The first kappa shape index (κ1) is 27.9. The van der Waals surface area contributed by atoms with Crippen LogP contribution in [0, 0.1) is 10.4 Å². The van der Waals surface area contributed by atoms with Gasteiger partial charge in [0.2, 0.25) is 0 Å². The highest BCUT2D eigenvalue weighted by Crippen LogP contribution is 2.23. The SMILES string of the molecule is CC(OC(=O)CCCCCC(=O)OC(C)N([O-])OC1CCCCC1)N([O-])OC1CCCCC1. The van der Waals surface area contributed by atoms with Gasteiger partial charge >= 0.3 is 11.9 Å². The van der Waals surface area contributed by atoms with E-state index in [1.165, 1.54) is 13.8 Å². The number of rotatable bonds is 14. The first-order chi connectivity index (χ1) is 15.8. The highest BCUT2D eigenvalue weighted by Gasteiger charge is 2.20. The molecule has 2 saturated carbocycles. The van der Waals surface area contributed by atoms with E-state index in [0.717, 1.165) is 64.2 Å². The van der Waals surface area contributed by atoms with Crippen LogP contribution >= 0.6 is 0 Å². The van der Waals surface area contributed by atoms with Gasteiger partial charge in [0.25, 0.3) is 0 Å². The lowest BCUT2D eigenvalue weighted by Crippen LogP contribution is -2.36. The van der Waals surface area contributed by atoms with Gasteiger partial charge in [0.15, 0.2) is 12.5 Å². The Labute approximate surface area is 196 Å². The van der Waals surface area contributed by atoms with Gasteiger partial charge in [0.05, 0.1) is 12.2 Å². The van der Waals surface area contributed by atoms with Crippen molar-refractivity contribution in [1.29, 1.82) is 0 Å². The molecule has 2 aliphatic rings. The molecule has 33 heavy (non-hydrogen) atoms. The van der Waals surface area contributed by atoms with Crippen LogP contribution < -0.4 is 0 Å². The Morgan fingerprint density at radius 2 is 1.06 bits per heavy atom. The molecule has 0 amide bonds. The largest absolute Gasteiger partial charge is 0.759 e. The number of carbonyl (C=O) groups excluding carboxylic acids is 2. The van der Waals surface area contributed by atoms with Crippen molar-refractivity contribution in [3.63, 3.8) is 0 Å². The summed E-state index contributed by atoms with van der Waals surface area (Å²) in [5.41, 5.74) is 0. The number of nitrogens with zero attached hydrogens (tertiary/aromatic N) is 2. The average molecular weight is 473 g/mol. The molecule has 10 heteroatoms. The van der Waals surface area contributed by atoms with Gasteiger partial charge in [-0.2, -0.15) is 0 Å². The second kappa shape index (κ2) is 15.6. The third kappa shape index (κ3) is 11.6. The van der Waals surface area contributed by atoms with Crippen LogP contribution in [0.1, 0.15) is 110 Å². The number of ether oxygens (including phenoxy) is 2. The summed E-state index contributed by atoms with van der Waals surface area (Å²) in [6.45, 7) is 2.98. The third-order valence-electron chi connectivity index (χ3n) is 6.07. The smallest absolute Gasteiger partial charge is 0.307 e. The maximum Gasteiger partial charge on any atom is 0.307 e. The molecule has 0 saturated heterocycles. The van der Waals surface area contributed by atoms with Crippen LogP contribution in [0.4, 0.5) is 0 Å². The molecule has 0 N–H and O–H groups in total. The molecule has 2 unspecified atom stereocenters. The predicted octanol–water partition coefficient (Wildman–Crippen LogP) is 4.84. The van der Waals surface area contributed by atoms with E-state index in [0.29, 0.717) is 29.7 Å². The van der Waals surface area contributed by atoms with Crippen LogP contribution in [0.5, 0.6) is 0 Å². The van der Waals surface area contributed by atoms with Gasteiger partial charge in [-0.25, -0.2) is 10.5 Å². The highest BCUT2D eigenvalue weighted by atomic mass is 16.9. The molecular weight excluding hydrogens is 432 g/mol. The molecule has 0 aromatic rings. The van der Waals surface area contributed by atoms with Crippen molar-refractivity contribution in [2.75, 3.05) is 0 Å². The Hall–Kier alpha value is -1.30. The van der Waals surface area contributed by atoms with Crippen LogP contribution in [0.25, 0.3) is 0 Å². The van der Waals surface area contributed by atoms with Crippen LogP contribution in [0.3, 0.4) is 0 Å². The fourth-order valence-electron chi connectivity index (χ4n) is 4.11. The summed E-state index contributed by atoms with van der Waals surface area (Å²) < 4.78 is 10.3. The lowest BCUT2D eigenvalue weighted by atomic mass is 9.98. The Balaban J connectivity index is 1.50. The summed E-state index contributed by atoms with van der Waals surface area (Å²) in [7, 11) is 0. The number of carbonyl (C=O) groups is 2. The topological polar surface area (TPSA) is 124 Å². The van der Waals surface area contributed by atoms with E-state index in [-0.39, 0.29) is 25.0 Å². The van der Waals surface area contributed by atoms with Crippen LogP contribution in [-0.4, -0.2) is 47.1 Å². The minimum Gasteiger partial charge on any atom is -0.759 e. The molecular formula is C23H40N2O8-2. The molecule has 0 radical (unpaired) electrons. The molecule has 0 aromatic heterocycles. The Kier molecular flexibility index (Phi) is 13.2. The van der Waals surface area contributed by atoms with Crippen molar-refractivity contribution in [2.24, 2.45) is 0 Å². The van der Waals surface area contributed by atoms with Crippen molar-refractivity contribution >= 4 is 11.9 Å². The van der Waals surface area contributed by atoms with Gasteiger partial charge in [-0.15, -0.1) is 0 Å². The maximum atomic E-state index is 12.0. The fourth-order valence-corrected chi connectivity index (χ4v) is 4.11. The number of hydrogen-bond acceptors (Lipinski definition) is 10. The van der Waals surface area contributed by atoms with E-state index in [1.54, 1.807) is 0 Å². The molecule has 0 aromatic carbocycles. The Morgan fingerprint density at radius 3 is 1.42 bits per heavy atom. The second-order valence-corrected chi connectivity index (χ2v) is 9.04. The van der Waals surface area contributed by atoms with E-state index in [4.69, 9.17) is 19.1 Å². The molecule has 10 nitrogen and oxygen atoms in total. The zero-order valence-electron chi connectivity index (χ0n) is 20.1. The van der Waals surface area contributed by atoms with Crippen molar-refractivity contribution in [3.8, 4) is 0 Å². The van der Waals surface area contributed by atoms with E-state index < -0.39 is 24.4 Å². The molecule has 2 atom stereocenters. The predicted molar refractivity (Wildman–Crippen MR) is 121 cm³/mol. The van der Waals surface area contributed by atoms with Gasteiger partial charge in [-0.05, 0) is 52.4 Å². The van der Waals surface area contributed by atoms with Gasteiger partial charge in [-0.1, -0.05) is 44.9 Å². The molecule has 0 heterocycles. The van der Waals surface area contributed by atoms with E-state index in [2.05, 4.69) is 0 Å². The molecule has 0 spiro atoms. The Bertz CT molecular complexity index is 519. The summed E-state index contributed by atoms with van der Waals surface area (Å²) in [4.78, 5) is 34.5. The molecule has 0 bridgehead atoms. The first-order valence-electron chi connectivity index (χ1n) is 12.5. The highest BCUT2D eigenvalue weighted by molar-refractivity contribution is 5.70. The molecule has 0 aliphatic heterocycles. The fraction of sp³-hybridized carbons (Fsp3) is 0.913. The summed E-state index contributed by atoms with van der Waals surface area (Å²) in [5, 5.41) is 24.7. The molecule has 2 aliphatic carbocycles. The van der Waals surface area contributed by atoms with Crippen LogP contribution in [-0.2, 0) is 28.7 Å². The summed E-state index contributed by atoms with van der Waals surface area (Å²) in [5.74, 6) is -0.956. The number of hydroxylamine groups is 4. The minimum absolute atomic E-state index is 0.104. The molecule has 2 fully saturated rings. The lowest BCUT2D eigenvalue weighted by Gasteiger charge is -2.37. The van der Waals surface area contributed by atoms with Crippen LogP contribution in [0.15, 0.2) is 0 Å². The lowest BCUT2D eigenvalue weighted by molar-refractivity contribution is -0.244. The van der Waals surface area contributed by atoms with E-state index in [1.807, 2.05) is 0 Å². The second-order valence-electron chi connectivity index (χ2n) is 9.04. The maximum absolute atomic E-state index is 12.0. The summed E-state index contributed by atoms with van der Waals surface area (Å²) in [6.07, 6.45) is 9.64. The van der Waals surface area contributed by atoms with Crippen molar-refractivity contribution in [1.82, 2.24) is 10.5 Å². The zero-order valence-corrected chi connectivity index (χ0v) is 20.1. The monoisotopic (exact) mass is 472 g/mol. The summed E-state index contributed by atoms with van der Waals surface area (Å²) >= 11 is 0. The van der Waals surface area contributed by atoms with Gasteiger partial charge in [0, 0.05) is 12.8 Å². The number of unbranched alkanes of at least 4 members (excludes halogenated alkanes) is 2. The standard InChI is InChI=1S/C23H40N2O8/c1-18(24(28)32-20-12-6-3-7-13-20)30-22(26)16-10-5-11-17-23(27)31-19(2)25(29)33-21-14-8-4-9-15-21/h18-21H,3-17H2,1-2H3/q-2. The van der Waals surface area contributed by atoms with Gasteiger partial charge in [-0.3, -0.25) is 9.59 Å². The molecule has 2 rings (SSSR count). The number of hydrogen-bond donors (Lipinski definition) is 0. The quantitative estimate of drug-likeness (QED) is 0.150. The Morgan fingerprint density at radius 1 is 0.697 bits per heavy atom. The van der Waals surface area contributed by atoms with Crippen molar-refractivity contribution < 1.29 is 28.7 Å². The first-order valence-corrected chi connectivity index (χ1v) is 12.5. The number of esters is 2. The summed E-state index contributed by atoms with van der Waals surface area (Å²) in [6, 6.07) is 0. The zero-order chi connectivity index (χ0) is 24.1. The average Bonchev–Trinajstić information content (AvgIpc) is 2.80. The van der Waals surface area contributed by atoms with Gasteiger partial charge in [0.1, 0.15) is 0 Å². The van der Waals surface area contributed by atoms with Crippen molar-refractivity contribution in [3.05, 3.63) is 10.4 Å². The van der Waals surface area contributed by atoms with Crippen LogP contribution in [0.2, 0.25) is 0 Å². The third-order valence-corrected chi connectivity index (χ3v) is 6.07. The molecule has 192 valence electrons. The van der Waals surface area contributed by atoms with E-state index >= 15 is 0 Å². The van der Waals surface area contributed by atoms with Crippen molar-refractivity contribution in [2.45, 2.75) is 135 Å². The van der Waals surface area contributed by atoms with Gasteiger partial charge < -0.3 is 29.6 Å². The normalized spacial score (nSPS) is 20.1. The van der Waals surface area contributed by atoms with E-state index in [9.17, 15) is 20.0 Å².